The molecule has 1 aliphatic rings. The summed E-state index contributed by atoms with van der Waals surface area (Å²) in [5.74, 6) is 2.63. The Morgan fingerprint density at radius 1 is 1.63 bits per heavy atom. The lowest BCUT2D eigenvalue weighted by Gasteiger charge is -2.13. The zero-order valence-electron chi connectivity index (χ0n) is 11.2. The van der Waals surface area contributed by atoms with Crippen LogP contribution >= 0.6 is 11.8 Å². The third-order valence-corrected chi connectivity index (χ3v) is 4.36. The Balaban J connectivity index is 2.11. The first-order valence-electron chi connectivity index (χ1n) is 6.49. The van der Waals surface area contributed by atoms with Crippen molar-refractivity contribution in [3.8, 4) is 0 Å². The SMILES string of the molecule is CC(C)c1ncc(NCC2CCSC2)c(C(=O)O)n1. The molecule has 1 atom stereocenters. The molecule has 1 aromatic rings. The van der Waals surface area contributed by atoms with E-state index >= 15 is 0 Å². The molecule has 0 aliphatic carbocycles. The minimum absolute atomic E-state index is 0.0735. The smallest absolute Gasteiger partial charge is 0.356 e. The lowest BCUT2D eigenvalue weighted by Crippen LogP contribution is -2.17. The fourth-order valence-electron chi connectivity index (χ4n) is 1.96. The molecule has 1 saturated heterocycles. The number of hydrogen-bond donors (Lipinski definition) is 2. The summed E-state index contributed by atoms with van der Waals surface area (Å²) in [7, 11) is 0. The van der Waals surface area contributed by atoms with Gasteiger partial charge in [0.2, 0.25) is 0 Å². The molecule has 1 aliphatic heterocycles. The van der Waals surface area contributed by atoms with Crippen LogP contribution in [0.25, 0.3) is 0 Å². The average molecular weight is 281 g/mol. The minimum Gasteiger partial charge on any atom is -0.476 e. The zero-order valence-corrected chi connectivity index (χ0v) is 12.0. The molecule has 6 heteroatoms. The molecule has 0 spiro atoms. The van der Waals surface area contributed by atoms with E-state index in [9.17, 15) is 9.90 Å². The minimum atomic E-state index is -1.01. The first-order valence-corrected chi connectivity index (χ1v) is 7.65. The summed E-state index contributed by atoms with van der Waals surface area (Å²) in [6.07, 6.45) is 2.78. The molecule has 1 aromatic heterocycles. The molecule has 0 amide bonds. The van der Waals surface area contributed by atoms with Gasteiger partial charge in [-0.3, -0.25) is 0 Å². The van der Waals surface area contributed by atoms with Crippen LogP contribution < -0.4 is 5.32 Å². The van der Waals surface area contributed by atoms with E-state index in [0.29, 0.717) is 17.4 Å². The van der Waals surface area contributed by atoms with Crippen LogP contribution in [0.2, 0.25) is 0 Å². The van der Waals surface area contributed by atoms with Crippen LogP contribution in [-0.2, 0) is 0 Å². The maximum Gasteiger partial charge on any atom is 0.356 e. The van der Waals surface area contributed by atoms with Crippen LogP contribution in [0.1, 0.15) is 42.5 Å². The molecule has 1 unspecified atom stereocenters. The summed E-state index contributed by atoms with van der Waals surface area (Å²) in [5.41, 5.74) is 0.596. The van der Waals surface area contributed by atoms with Gasteiger partial charge < -0.3 is 10.4 Å². The van der Waals surface area contributed by atoms with Crippen molar-refractivity contribution >= 4 is 23.4 Å². The molecule has 1 fully saturated rings. The van der Waals surface area contributed by atoms with Crippen molar-refractivity contribution in [3.05, 3.63) is 17.7 Å². The highest BCUT2D eigenvalue weighted by atomic mass is 32.2. The van der Waals surface area contributed by atoms with Crippen molar-refractivity contribution in [1.82, 2.24) is 9.97 Å². The number of hydrogen-bond acceptors (Lipinski definition) is 5. The molecule has 2 heterocycles. The fraction of sp³-hybridized carbons (Fsp3) is 0.615. The first kappa shape index (κ1) is 14.1. The van der Waals surface area contributed by atoms with E-state index in [1.165, 1.54) is 12.2 Å². The van der Waals surface area contributed by atoms with Gasteiger partial charge >= 0.3 is 5.97 Å². The second-order valence-corrected chi connectivity index (χ2v) is 6.21. The number of nitrogens with one attached hydrogen (secondary N) is 1. The van der Waals surface area contributed by atoms with Gasteiger partial charge in [-0.05, 0) is 23.8 Å². The molecule has 0 radical (unpaired) electrons. The van der Waals surface area contributed by atoms with Gasteiger partial charge in [-0.25, -0.2) is 14.8 Å². The van der Waals surface area contributed by atoms with Crippen LogP contribution in [0.4, 0.5) is 5.69 Å². The first-order chi connectivity index (χ1) is 9.08. The van der Waals surface area contributed by atoms with Crippen molar-refractivity contribution in [3.63, 3.8) is 0 Å². The predicted octanol–water partition coefficient (Wildman–Crippen LogP) is 2.46. The maximum absolute atomic E-state index is 11.3. The Bertz CT molecular complexity index is 459. The van der Waals surface area contributed by atoms with Crippen molar-refractivity contribution in [2.24, 2.45) is 5.92 Å². The van der Waals surface area contributed by atoms with Crippen LogP contribution in [0, 0.1) is 5.92 Å². The van der Waals surface area contributed by atoms with Gasteiger partial charge in [0.1, 0.15) is 5.82 Å². The van der Waals surface area contributed by atoms with E-state index in [-0.39, 0.29) is 11.6 Å². The van der Waals surface area contributed by atoms with Crippen molar-refractivity contribution < 1.29 is 9.90 Å². The van der Waals surface area contributed by atoms with Gasteiger partial charge in [0.05, 0.1) is 11.9 Å². The van der Waals surface area contributed by atoms with Gasteiger partial charge in [0, 0.05) is 12.5 Å². The molecule has 5 nitrogen and oxygen atoms in total. The monoisotopic (exact) mass is 281 g/mol. The van der Waals surface area contributed by atoms with Gasteiger partial charge in [0.15, 0.2) is 5.69 Å². The number of aromatic carboxylic acids is 1. The Kier molecular flexibility index (Phi) is 4.63. The number of anilines is 1. The standard InChI is InChI=1S/C13H19N3O2S/c1-8(2)12-15-6-10(11(16-12)13(17)18)14-5-9-3-4-19-7-9/h6,8-9,14H,3-5,7H2,1-2H3,(H,17,18). The highest BCUT2D eigenvalue weighted by Gasteiger charge is 2.19. The molecule has 19 heavy (non-hydrogen) atoms. The third kappa shape index (κ3) is 3.59. The van der Waals surface area contributed by atoms with Crippen molar-refractivity contribution in [1.29, 1.82) is 0 Å². The van der Waals surface area contributed by atoms with E-state index in [1.807, 2.05) is 25.6 Å². The Morgan fingerprint density at radius 3 is 3.00 bits per heavy atom. The van der Waals surface area contributed by atoms with Gasteiger partial charge in [0.25, 0.3) is 0 Å². The maximum atomic E-state index is 11.3. The van der Waals surface area contributed by atoms with Crippen molar-refractivity contribution in [2.75, 3.05) is 23.4 Å². The van der Waals surface area contributed by atoms with Crippen LogP contribution in [-0.4, -0.2) is 39.1 Å². The molecule has 2 rings (SSSR count). The van der Waals surface area contributed by atoms with E-state index in [0.717, 1.165) is 12.3 Å². The number of rotatable bonds is 5. The normalized spacial score (nSPS) is 18.8. The van der Waals surface area contributed by atoms with Gasteiger partial charge in [-0.15, -0.1) is 0 Å². The van der Waals surface area contributed by atoms with Crippen LogP contribution in [0.3, 0.4) is 0 Å². The van der Waals surface area contributed by atoms with E-state index in [1.54, 1.807) is 6.20 Å². The highest BCUT2D eigenvalue weighted by Crippen LogP contribution is 2.24. The summed E-state index contributed by atoms with van der Waals surface area (Å²) in [6.45, 7) is 4.69. The number of thioether (sulfide) groups is 1. The van der Waals surface area contributed by atoms with Gasteiger partial charge in [-0.1, -0.05) is 13.8 Å². The molecule has 0 saturated carbocycles. The van der Waals surface area contributed by atoms with Crippen LogP contribution in [0.15, 0.2) is 6.20 Å². The Hall–Kier alpha value is -1.30. The summed E-state index contributed by atoms with van der Waals surface area (Å²) in [4.78, 5) is 19.6. The Labute approximate surface area is 117 Å². The molecule has 104 valence electrons. The topological polar surface area (TPSA) is 75.1 Å². The van der Waals surface area contributed by atoms with Crippen molar-refractivity contribution in [2.45, 2.75) is 26.2 Å². The second kappa shape index (κ2) is 6.23. The Morgan fingerprint density at radius 2 is 2.42 bits per heavy atom. The largest absolute Gasteiger partial charge is 0.476 e. The quantitative estimate of drug-likeness (QED) is 0.863. The predicted molar refractivity (Wildman–Crippen MR) is 77.0 cm³/mol. The number of aromatic nitrogens is 2. The number of carbonyl (C=O) groups is 1. The summed E-state index contributed by atoms with van der Waals surface area (Å²) < 4.78 is 0. The van der Waals surface area contributed by atoms with Crippen LogP contribution in [0.5, 0.6) is 0 Å². The molecule has 2 N–H and O–H groups in total. The summed E-state index contributed by atoms with van der Waals surface area (Å²) in [6, 6.07) is 0. The van der Waals surface area contributed by atoms with E-state index < -0.39 is 5.97 Å². The average Bonchev–Trinajstić information content (AvgIpc) is 2.89. The third-order valence-electron chi connectivity index (χ3n) is 3.13. The number of nitrogens with zero attached hydrogens (tertiary/aromatic N) is 2. The summed E-state index contributed by atoms with van der Waals surface area (Å²) in [5, 5.41) is 12.4. The van der Waals surface area contributed by atoms with Gasteiger partial charge in [-0.2, -0.15) is 11.8 Å². The lowest BCUT2D eigenvalue weighted by atomic mass is 10.1. The highest BCUT2D eigenvalue weighted by molar-refractivity contribution is 7.99. The zero-order chi connectivity index (χ0) is 13.8. The van der Waals surface area contributed by atoms with E-state index in [2.05, 4.69) is 15.3 Å². The lowest BCUT2D eigenvalue weighted by molar-refractivity contribution is 0.0691. The molecule has 0 aromatic carbocycles. The number of carboxylic acid groups (broad SMARTS) is 1. The molecule has 0 bridgehead atoms. The summed E-state index contributed by atoms with van der Waals surface area (Å²) >= 11 is 1.95. The number of carboxylic acids is 1. The second-order valence-electron chi connectivity index (χ2n) is 5.06. The van der Waals surface area contributed by atoms with E-state index in [4.69, 9.17) is 0 Å². The molecular formula is C13H19N3O2S. The fourth-order valence-corrected chi connectivity index (χ4v) is 3.25. The molecular weight excluding hydrogens is 262 g/mol.